The minimum atomic E-state index is 0.521. The van der Waals surface area contributed by atoms with Crippen molar-refractivity contribution in [3.63, 3.8) is 0 Å². The van der Waals surface area contributed by atoms with Crippen molar-refractivity contribution in [2.45, 2.75) is 13.8 Å². The lowest BCUT2D eigenvalue weighted by atomic mass is 10.1. The molecule has 1 aromatic carbocycles. The maximum absolute atomic E-state index is 11.2. The molecule has 1 aliphatic rings. The smallest absolute Gasteiger partial charge is 0.229 e. The Morgan fingerprint density at radius 3 is 2.52 bits per heavy atom. The molecule has 0 aliphatic carbocycles. The Balaban J connectivity index is 1.74. The molecule has 2 aromatic heterocycles. The number of hydrogen-bond acceptors (Lipinski definition) is 7. The first-order valence-corrected chi connectivity index (χ1v) is 9.58. The third kappa shape index (κ3) is 4.41. The van der Waals surface area contributed by atoms with Crippen molar-refractivity contribution >= 4 is 23.7 Å². The monoisotopic (exact) mass is 389 g/mol. The van der Waals surface area contributed by atoms with Gasteiger partial charge in [0.2, 0.25) is 5.95 Å². The summed E-state index contributed by atoms with van der Waals surface area (Å²) in [5, 5.41) is 3.31. The number of carbonyl (C=O) groups excluding carboxylic acids is 1. The van der Waals surface area contributed by atoms with E-state index in [0.29, 0.717) is 24.7 Å². The number of aromatic nitrogens is 3. The number of aldehydes is 1. The van der Waals surface area contributed by atoms with Crippen molar-refractivity contribution in [3.8, 4) is 11.1 Å². The number of aryl methyl sites for hydroxylation is 2. The van der Waals surface area contributed by atoms with Crippen LogP contribution in [-0.4, -0.2) is 47.5 Å². The standard InChI is InChI=1S/C22H23N5O2/c1-15-7-16(2)9-19(8-15)25-22-24-13-20(18-10-17(14-28)11-23-12-18)21(26-22)27-3-5-29-6-4-27/h7-14H,3-6H2,1-2H3,(H,24,25,26). The second-order valence-corrected chi connectivity index (χ2v) is 7.16. The van der Waals surface area contributed by atoms with Crippen molar-refractivity contribution in [1.29, 1.82) is 0 Å². The number of morpholine rings is 1. The molecule has 1 aliphatic heterocycles. The van der Waals surface area contributed by atoms with Crippen LogP contribution in [0.5, 0.6) is 0 Å². The minimum Gasteiger partial charge on any atom is -0.378 e. The Morgan fingerprint density at radius 2 is 1.79 bits per heavy atom. The highest BCUT2D eigenvalue weighted by atomic mass is 16.5. The van der Waals surface area contributed by atoms with E-state index in [-0.39, 0.29) is 0 Å². The summed E-state index contributed by atoms with van der Waals surface area (Å²) in [6, 6.07) is 8.06. The average molecular weight is 389 g/mol. The summed E-state index contributed by atoms with van der Waals surface area (Å²) in [7, 11) is 0. The lowest BCUT2D eigenvalue weighted by Gasteiger charge is -2.29. The number of nitrogens with zero attached hydrogens (tertiary/aromatic N) is 4. The summed E-state index contributed by atoms with van der Waals surface area (Å²) >= 11 is 0. The Labute approximate surface area is 169 Å². The van der Waals surface area contributed by atoms with Crippen molar-refractivity contribution in [3.05, 3.63) is 59.5 Å². The zero-order valence-electron chi connectivity index (χ0n) is 16.6. The van der Waals surface area contributed by atoms with Crippen molar-refractivity contribution < 1.29 is 9.53 Å². The third-order valence-electron chi connectivity index (χ3n) is 4.76. The first kappa shape index (κ1) is 19.0. The Hall–Kier alpha value is -3.32. The van der Waals surface area contributed by atoms with Gasteiger partial charge in [0.1, 0.15) is 5.82 Å². The first-order valence-electron chi connectivity index (χ1n) is 9.58. The molecule has 0 bridgehead atoms. The number of pyridine rings is 1. The molecule has 0 spiro atoms. The molecule has 1 fully saturated rings. The lowest BCUT2D eigenvalue weighted by Crippen LogP contribution is -2.37. The van der Waals surface area contributed by atoms with E-state index < -0.39 is 0 Å². The molecule has 1 saturated heterocycles. The van der Waals surface area contributed by atoms with Gasteiger partial charge in [-0.05, 0) is 43.2 Å². The van der Waals surface area contributed by atoms with E-state index >= 15 is 0 Å². The van der Waals surface area contributed by atoms with Crippen LogP contribution >= 0.6 is 0 Å². The summed E-state index contributed by atoms with van der Waals surface area (Å²) in [6.45, 7) is 6.91. The molecule has 29 heavy (non-hydrogen) atoms. The third-order valence-corrected chi connectivity index (χ3v) is 4.76. The van der Waals surface area contributed by atoms with Crippen LogP contribution in [0.2, 0.25) is 0 Å². The number of rotatable bonds is 5. The van der Waals surface area contributed by atoms with Gasteiger partial charge in [-0.2, -0.15) is 4.98 Å². The molecule has 0 amide bonds. The number of carbonyl (C=O) groups is 1. The van der Waals surface area contributed by atoms with E-state index in [0.717, 1.165) is 42.0 Å². The molecule has 1 N–H and O–H groups in total. The van der Waals surface area contributed by atoms with E-state index in [1.54, 1.807) is 24.7 Å². The predicted octanol–water partition coefficient (Wildman–Crippen LogP) is 3.55. The average Bonchev–Trinajstić information content (AvgIpc) is 2.73. The van der Waals surface area contributed by atoms with Gasteiger partial charge >= 0.3 is 0 Å². The summed E-state index contributed by atoms with van der Waals surface area (Å²) < 4.78 is 5.50. The SMILES string of the molecule is Cc1cc(C)cc(Nc2ncc(-c3cncc(C=O)c3)c(N3CCOCC3)n2)c1. The molecule has 4 rings (SSSR count). The first-order chi connectivity index (χ1) is 14.1. The predicted molar refractivity (Wildman–Crippen MR) is 113 cm³/mol. The normalized spacial score (nSPS) is 13.9. The van der Waals surface area contributed by atoms with E-state index in [9.17, 15) is 4.79 Å². The van der Waals surface area contributed by atoms with E-state index in [1.165, 1.54) is 11.1 Å². The summed E-state index contributed by atoms with van der Waals surface area (Å²) in [6.07, 6.45) is 5.85. The maximum Gasteiger partial charge on any atom is 0.229 e. The van der Waals surface area contributed by atoms with Gasteiger partial charge in [0.05, 0.1) is 13.2 Å². The molecule has 7 nitrogen and oxygen atoms in total. The highest BCUT2D eigenvalue weighted by molar-refractivity contribution is 5.81. The van der Waals surface area contributed by atoms with Crippen LogP contribution in [0.3, 0.4) is 0 Å². The van der Waals surface area contributed by atoms with Crippen LogP contribution in [0.15, 0.2) is 42.9 Å². The van der Waals surface area contributed by atoms with Crippen molar-refractivity contribution in [2.75, 3.05) is 36.5 Å². The fourth-order valence-corrected chi connectivity index (χ4v) is 3.50. The fourth-order valence-electron chi connectivity index (χ4n) is 3.50. The molecular formula is C22H23N5O2. The van der Waals surface area contributed by atoms with Crippen LogP contribution in [0.25, 0.3) is 11.1 Å². The molecular weight excluding hydrogens is 366 g/mol. The van der Waals surface area contributed by atoms with Crippen molar-refractivity contribution in [2.24, 2.45) is 0 Å². The Bertz CT molecular complexity index is 1010. The second-order valence-electron chi connectivity index (χ2n) is 7.16. The zero-order chi connectivity index (χ0) is 20.2. The van der Waals surface area contributed by atoms with Gasteiger partial charge in [-0.1, -0.05) is 6.07 Å². The Morgan fingerprint density at radius 1 is 1.03 bits per heavy atom. The van der Waals surface area contributed by atoms with Gasteiger partial charge in [-0.15, -0.1) is 0 Å². The van der Waals surface area contributed by atoms with Crippen LogP contribution in [0, 0.1) is 13.8 Å². The molecule has 0 atom stereocenters. The molecule has 7 heteroatoms. The molecule has 0 unspecified atom stereocenters. The number of hydrogen-bond donors (Lipinski definition) is 1. The van der Waals surface area contributed by atoms with Crippen LogP contribution < -0.4 is 10.2 Å². The van der Waals surface area contributed by atoms with Crippen LogP contribution in [0.1, 0.15) is 21.5 Å². The molecule has 148 valence electrons. The highest BCUT2D eigenvalue weighted by Gasteiger charge is 2.19. The number of anilines is 3. The van der Waals surface area contributed by atoms with Gasteiger partial charge in [-0.25, -0.2) is 4.98 Å². The Kier molecular flexibility index (Phi) is 5.48. The summed E-state index contributed by atoms with van der Waals surface area (Å²) in [5.74, 6) is 1.33. The van der Waals surface area contributed by atoms with Crippen LogP contribution in [0.4, 0.5) is 17.5 Å². The maximum atomic E-state index is 11.2. The number of nitrogens with one attached hydrogen (secondary N) is 1. The van der Waals surface area contributed by atoms with Gasteiger partial charge < -0.3 is 15.0 Å². The summed E-state index contributed by atoms with van der Waals surface area (Å²) in [4.78, 5) is 26.9. The molecule has 0 saturated carbocycles. The molecule has 0 radical (unpaired) electrons. The van der Waals surface area contributed by atoms with E-state index in [1.807, 2.05) is 0 Å². The quantitative estimate of drug-likeness (QED) is 0.669. The minimum absolute atomic E-state index is 0.521. The number of benzene rings is 1. The second kappa shape index (κ2) is 8.36. The summed E-state index contributed by atoms with van der Waals surface area (Å²) in [5.41, 5.74) is 5.48. The lowest BCUT2D eigenvalue weighted by molar-refractivity contribution is 0.112. The fraction of sp³-hybridized carbons (Fsp3) is 0.273. The topological polar surface area (TPSA) is 80.2 Å². The molecule has 3 aromatic rings. The van der Waals surface area contributed by atoms with Gasteiger partial charge in [-0.3, -0.25) is 9.78 Å². The van der Waals surface area contributed by atoms with E-state index in [2.05, 4.69) is 52.2 Å². The largest absolute Gasteiger partial charge is 0.378 e. The van der Waals surface area contributed by atoms with Crippen molar-refractivity contribution in [1.82, 2.24) is 15.0 Å². The van der Waals surface area contributed by atoms with E-state index in [4.69, 9.17) is 9.72 Å². The van der Waals surface area contributed by atoms with Gasteiger partial charge in [0, 0.05) is 54.1 Å². The zero-order valence-corrected chi connectivity index (χ0v) is 16.6. The number of ether oxygens (including phenoxy) is 1. The highest BCUT2D eigenvalue weighted by Crippen LogP contribution is 2.31. The molecule has 3 heterocycles. The van der Waals surface area contributed by atoms with Gasteiger partial charge in [0.25, 0.3) is 0 Å². The van der Waals surface area contributed by atoms with Crippen LogP contribution in [-0.2, 0) is 4.74 Å². The van der Waals surface area contributed by atoms with Gasteiger partial charge in [0.15, 0.2) is 6.29 Å².